The summed E-state index contributed by atoms with van der Waals surface area (Å²) in [6, 6.07) is 12.7. The summed E-state index contributed by atoms with van der Waals surface area (Å²) < 4.78 is 20.0. The first-order valence-electron chi connectivity index (χ1n) is 9.16. The fourth-order valence-corrected chi connectivity index (χ4v) is 4.08. The van der Waals surface area contributed by atoms with Crippen molar-refractivity contribution in [2.75, 3.05) is 6.61 Å². The lowest BCUT2D eigenvalue weighted by atomic mass is 10.2. The van der Waals surface area contributed by atoms with Crippen molar-refractivity contribution in [1.29, 1.82) is 0 Å². The van der Waals surface area contributed by atoms with Gasteiger partial charge in [0.05, 0.1) is 23.2 Å². The smallest absolute Gasteiger partial charge is 0.319 e. The molecule has 0 aliphatic heterocycles. The van der Waals surface area contributed by atoms with E-state index in [9.17, 15) is 14.0 Å². The number of para-hydroxylation sites is 1. The van der Waals surface area contributed by atoms with E-state index in [2.05, 4.69) is 4.98 Å². The van der Waals surface area contributed by atoms with Crippen LogP contribution in [0.15, 0.2) is 58.5 Å². The van der Waals surface area contributed by atoms with Crippen molar-refractivity contribution < 1.29 is 13.9 Å². The van der Waals surface area contributed by atoms with Crippen LogP contribution in [0, 0.1) is 5.82 Å². The molecule has 1 atom stereocenters. The molecule has 0 aliphatic rings. The Hall–Kier alpha value is -2.67. The zero-order chi connectivity index (χ0) is 20.1. The molecule has 1 aromatic heterocycles. The zero-order valence-corrected chi connectivity index (χ0v) is 16.5. The fraction of sp³-hybridized carbons (Fsp3) is 0.286. The summed E-state index contributed by atoms with van der Waals surface area (Å²) in [6.07, 6.45) is 1.38. The van der Waals surface area contributed by atoms with Crippen LogP contribution < -0.4 is 5.56 Å². The first-order valence-corrected chi connectivity index (χ1v) is 10.0. The lowest BCUT2D eigenvalue weighted by Crippen LogP contribution is -2.25. The van der Waals surface area contributed by atoms with Gasteiger partial charge in [0, 0.05) is 0 Å². The number of rotatable bonds is 7. The van der Waals surface area contributed by atoms with Gasteiger partial charge >= 0.3 is 5.97 Å². The summed E-state index contributed by atoms with van der Waals surface area (Å²) >= 11 is 1.20. The van der Waals surface area contributed by atoms with Crippen molar-refractivity contribution >= 4 is 28.6 Å². The molecule has 0 fully saturated rings. The van der Waals surface area contributed by atoms with Crippen LogP contribution in [-0.4, -0.2) is 27.4 Å². The lowest BCUT2D eigenvalue weighted by Gasteiger charge is -2.18. The molecule has 146 valence electrons. The minimum atomic E-state index is -0.482. The van der Waals surface area contributed by atoms with Gasteiger partial charge in [0.2, 0.25) is 0 Å². The van der Waals surface area contributed by atoms with Crippen LogP contribution in [0.2, 0.25) is 0 Å². The van der Waals surface area contributed by atoms with E-state index in [-0.39, 0.29) is 18.1 Å². The third-order valence-corrected chi connectivity index (χ3v) is 5.38. The predicted molar refractivity (Wildman–Crippen MR) is 108 cm³/mol. The summed E-state index contributed by atoms with van der Waals surface area (Å²) in [5.74, 6) is -0.724. The molecular weight excluding hydrogens is 379 g/mol. The second kappa shape index (κ2) is 9.01. The van der Waals surface area contributed by atoms with E-state index in [4.69, 9.17) is 4.74 Å². The van der Waals surface area contributed by atoms with Crippen molar-refractivity contribution in [3.63, 3.8) is 0 Å². The summed E-state index contributed by atoms with van der Waals surface area (Å²) in [7, 11) is 0. The Kier molecular flexibility index (Phi) is 6.46. The van der Waals surface area contributed by atoms with Crippen LogP contribution in [0.25, 0.3) is 16.6 Å². The zero-order valence-electron chi connectivity index (χ0n) is 15.7. The molecule has 28 heavy (non-hydrogen) atoms. The molecule has 7 heteroatoms. The standard InChI is InChI=1S/C21H21FN2O3S/c1-3-7-18(20(26)27-4-2)28-21-23-17-9-6-5-8-16(17)19(25)24(21)15-12-10-14(22)11-13-15/h5-6,8-13,18H,3-4,7H2,1-2H3. The van der Waals surface area contributed by atoms with Gasteiger partial charge in [-0.3, -0.25) is 14.2 Å². The number of benzene rings is 2. The Balaban J connectivity index is 2.16. The van der Waals surface area contributed by atoms with Gasteiger partial charge in [-0.05, 0) is 49.7 Å². The molecule has 0 amide bonds. The SMILES string of the molecule is CCCC(Sc1nc2ccccc2c(=O)n1-c1ccc(F)cc1)C(=O)OCC. The molecule has 0 N–H and O–H groups in total. The molecule has 0 radical (unpaired) electrons. The third kappa shape index (κ3) is 4.25. The minimum Gasteiger partial charge on any atom is -0.465 e. The van der Waals surface area contributed by atoms with Gasteiger partial charge in [0.1, 0.15) is 11.1 Å². The molecule has 0 saturated carbocycles. The van der Waals surface area contributed by atoms with Crippen LogP contribution in [0.4, 0.5) is 4.39 Å². The van der Waals surface area contributed by atoms with Crippen LogP contribution in [0.3, 0.4) is 0 Å². The van der Waals surface area contributed by atoms with Gasteiger partial charge in [0.25, 0.3) is 5.56 Å². The Morgan fingerprint density at radius 1 is 1.18 bits per heavy atom. The van der Waals surface area contributed by atoms with Crippen molar-refractivity contribution in [2.24, 2.45) is 0 Å². The molecule has 0 bridgehead atoms. The second-order valence-corrected chi connectivity index (χ2v) is 7.35. The molecule has 0 saturated heterocycles. The number of carbonyl (C=O) groups excluding carboxylic acids is 1. The molecule has 1 unspecified atom stereocenters. The number of fused-ring (bicyclic) bond motifs is 1. The molecule has 2 aromatic carbocycles. The Morgan fingerprint density at radius 3 is 2.57 bits per heavy atom. The van der Waals surface area contributed by atoms with Crippen molar-refractivity contribution in [3.05, 3.63) is 64.7 Å². The van der Waals surface area contributed by atoms with Crippen LogP contribution in [0.5, 0.6) is 0 Å². The number of nitrogens with zero attached hydrogens (tertiary/aromatic N) is 2. The molecular formula is C21H21FN2O3S. The van der Waals surface area contributed by atoms with Gasteiger partial charge < -0.3 is 4.74 Å². The van der Waals surface area contributed by atoms with E-state index in [1.54, 1.807) is 31.2 Å². The molecule has 5 nitrogen and oxygen atoms in total. The number of thioether (sulfide) groups is 1. The van der Waals surface area contributed by atoms with Crippen LogP contribution in [-0.2, 0) is 9.53 Å². The number of carbonyl (C=O) groups is 1. The van der Waals surface area contributed by atoms with E-state index in [1.807, 2.05) is 6.92 Å². The summed E-state index contributed by atoms with van der Waals surface area (Å²) in [4.78, 5) is 30.2. The molecule has 0 aliphatic carbocycles. The van der Waals surface area contributed by atoms with Gasteiger partial charge in [-0.15, -0.1) is 0 Å². The first-order chi connectivity index (χ1) is 13.5. The second-order valence-electron chi connectivity index (χ2n) is 6.18. The van der Waals surface area contributed by atoms with Gasteiger partial charge in [0.15, 0.2) is 5.16 Å². The normalized spacial score (nSPS) is 12.1. The monoisotopic (exact) mass is 400 g/mol. The summed E-state index contributed by atoms with van der Waals surface area (Å²) in [5.41, 5.74) is 0.776. The Labute approximate surface area is 166 Å². The lowest BCUT2D eigenvalue weighted by molar-refractivity contribution is -0.142. The van der Waals surface area contributed by atoms with Crippen LogP contribution >= 0.6 is 11.8 Å². The number of halogens is 1. The van der Waals surface area contributed by atoms with E-state index in [0.29, 0.717) is 28.2 Å². The third-order valence-electron chi connectivity index (χ3n) is 4.18. The topological polar surface area (TPSA) is 61.2 Å². The van der Waals surface area contributed by atoms with Crippen molar-refractivity contribution in [2.45, 2.75) is 37.1 Å². The average Bonchev–Trinajstić information content (AvgIpc) is 2.69. The summed E-state index contributed by atoms with van der Waals surface area (Å²) in [5, 5.41) is 0.353. The minimum absolute atomic E-state index is 0.265. The van der Waals surface area contributed by atoms with E-state index < -0.39 is 11.1 Å². The van der Waals surface area contributed by atoms with Gasteiger partial charge in [-0.1, -0.05) is 37.2 Å². The molecule has 0 spiro atoms. The fourth-order valence-electron chi connectivity index (χ4n) is 2.86. The maximum absolute atomic E-state index is 13.4. The highest BCUT2D eigenvalue weighted by Gasteiger charge is 2.24. The number of aromatic nitrogens is 2. The molecule has 1 heterocycles. The van der Waals surface area contributed by atoms with Crippen molar-refractivity contribution in [3.8, 4) is 5.69 Å². The highest BCUT2D eigenvalue weighted by molar-refractivity contribution is 8.00. The molecule has 3 rings (SSSR count). The highest BCUT2D eigenvalue weighted by Crippen LogP contribution is 2.28. The first kappa shape index (κ1) is 20.1. The van der Waals surface area contributed by atoms with Crippen LogP contribution in [0.1, 0.15) is 26.7 Å². The highest BCUT2D eigenvalue weighted by atomic mass is 32.2. The number of hydrogen-bond acceptors (Lipinski definition) is 5. The predicted octanol–water partition coefficient (Wildman–Crippen LogP) is 4.35. The number of esters is 1. The number of hydrogen-bond donors (Lipinski definition) is 0. The molecule has 3 aromatic rings. The Morgan fingerprint density at radius 2 is 1.89 bits per heavy atom. The van der Waals surface area contributed by atoms with E-state index in [0.717, 1.165) is 6.42 Å². The largest absolute Gasteiger partial charge is 0.465 e. The van der Waals surface area contributed by atoms with E-state index in [1.165, 1.54) is 40.6 Å². The van der Waals surface area contributed by atoms with Gasteiger partial charge in [-0.25, -0.2) is 9.37 Å². The Bertz CT molecular complexity index is 1030. The number of ether oxygens (including phenoxy) is 1. The van der Waals surface area contributed by atoms with Crippen molar-refractivity contribution in [1.82, 2.24) is 9.55 Å². The summed E-state index contributed by atoms with van der Waals surface area (Å²) in [6.45, 7) is 4.03. The maximum Gasteiger partial charge on any atom is 0.319 e. The van der Waals surface area contributed by atoms with E-state index >= 15 is 0 Å². The van der Waals surface area contributed by atoms with Gasteiger partial charge in [-0.2, -0.15) is 0 Å². The maximum atomic E-state index is 13.4. The average molecular weight is 400 g/mol. The quantitative estimate of drug-likeness (QED) is 0.335.